The SMILES string of the molecule is CC(C)=C1[C@H]2CC[C@@H]1[C@@H](C(=O)Nc1sc3c(c1C(N)=O)CCCCC3)[C@H]2C(=O)O. The van der Waals surface area contributed by atoms with Crippen molar-refractivity contribution in [3.8, 4) is 0 Å². The Hall–Kier alpha value is -2.15. The molecule has 6 nitrogen and oxygen atoms in total. The number of hydrogen-bond acceptors (Lipinski definition) is 4. The van der Waals surface area contributed by atoms with E-state index < -0.39 is 23.7 Å². The molecule has 0 unspecified atom stereocenters. The Labute approximate surface area is 174 Å². The van der Waals surface area contributed by atoms with Gasteiger partial charge in [-0.2, -0.15) is 0 Å². The summed E-state index contributed by atoms with van der Waals surface area (Å²) in [5.74, 6) is -3.11. The number of thiophene rings is 1. The number of carboxylic acids is 1. The van der Waals surface area contributed by atoms with Crippen molar-refractivity contribution < 1.29 is 19.5 Å². The highest BCUT2D eigenvalue weighted by molar-refractivity contribution is 7.17. The van der Waals surface area contributed by atoms with Crippen LogP contribution in [0.3, 0.4) is 0 Å². The molecule has 3 aliphatic carbocycles. The Morgan fingerprint density at radius 1 is 1.03 bits per heavy atom. The van der Waals surface area contributed by atoms with Crippen molar-refractivity contribution in [1.29, 1.82) is 0 Å². The highest BCUT2D eigenvalue weighted by Gasteiger charge is 2.57. The third-order valence-corrected chi connectivity index (χ3v) is 8.12. The van der Waals surface area contributed by atoms with E-state index in [9.17, 15) is 19.5 Å². The summed E-state index contributed by atoms with van der Waals surface area (Å²) in [6.07, 6.45) is 6.56. The first-order valence-corrected chi connectivity index (χ1v) is 11.3. The Bertz CT molecular complexity index is 912. The molecule has 2 saturated carbocycles. The minimum Gasteiger partial charge on any atom is -0.481 e. The second kappa shape index (κ2) is 7.59. The van der Waals surface area contributed by atoms with Gasteiger partial charge in [0.05, 0.1) is 17.4 Å². The molecule has 0 aliphatic heterocycles. The van der Waals surface area contributed by atoms with E-state index in [0.29, 0.717) is 10.6 Å². The van der Waals surface area contributed by atoms with Gasteiger partial charge >= 0.3 is 5.97 Å². The average molecular weight is 417 g/mol. The van der Waals surface area contributed by atoms with Crippen molar-refractivity contribution in [3.05, 3.63) is 27.2 Å². The summed E-state index contributed by atoms with van der Waals surface area (Å²) in [6.45, 7) is 4.00. The van der Waals surface area contributed by atoms with Crippen LogP contribution in [0.5, 0.6) is 0 Å². The minimum absolute atomic E-state index is 0.0269. The lowest BCUT2D eigenvalue weighted by Crippen LogP contribution is -2.38. The van der Waals surface area contributed by atoms with Crippen LogP contribution in [0.25, 0.3) is 0 Å². The molecule has 0 saturated heterocycles. The number of rotatable bonds is 4. The highest BCUT2D eigenvalue weighted by Crippen LogP contribution is 2.57. The summed E-state index contributed by atoms with van der Waals surface area (Å²) in [7, 11) is 0. The maximum absolute atomic E-state index is 13.3. The predicted molar refractivity (Wildman–Crippen MR) is 112 cm³/mol. The van der Waals surface area contributed by atoms with Crippen molar-refractivity contribution >= 4 is 34.1 Å². The number of carboxylic acid groups (broad SMARTS) is 1. The zero-order valence-corrected chi connectivity index (χ0v) is 17.7. The van der Waals surface area contributed by atoms with Crippen LogP contribution in [0.1, 0.15) is 66.8 Å². The van der Waals surface area contributed by atoms with E-state index >= 15 is 0 Å². The molecule has 156 valence electrons. The highest BCUT2D eigenvalue weighted by atomic mass is 32.1. The van der Waals surface area contributed by atoms with Gasteiger partial charge in [-0.15, -0.1) is 11.3 Å². The summed E-state index contributed by atoms with van der Waals surface area (Å²) in [5.41, 5.74) is 9.35. The molecule has 0 radical (unpaired) electrons. The quantitative estimate of drug-likeness (QED) is 0.513. The first-order chi connectivity index (χ1) is 13.8. The average Bonchev–Trinajstić information content (AvgIpc) is 3.26. The number of primary amides is 1. The number of carbonyl (C=O) groups is 3. The van der Waals surface area contributed by atoms with Crippen LogP contribution in [-0.4, -0.2) is 22.9 Å². The number of aliphatic carboxylic acids is 1. The lowest BCUT2D eigenvalue weighted by Gasteiger charge is -2.26. The lowest BCUT2D eigenvalue weighted by atomic mass is 9.78. The number of nitrogens with two attached hydrogens (primary N) is 1. The fourth-order valence-electron chi connectivity index (χ4n) is 5.89. The molecule has 2 fully saturated rings. The molecule has 0 spiro atoms. The van der Waals surface area contributed by atoms with E-state index in [-0.39, 0.29) is 17.7 Å². The van der Waals surface area contributed by atoms with Gasteiger partial charge in [0.1, 0.15) is 5.00 Å². The zero-order valence-electron chi connectivity index (χ0n) is 16.9. The van der Waals surface area contributed by atoms with E-state index in [1.807, 2.05) is 13.8 Å². The first kappa shape index (κ1) is 20.1. The maximum Gasteiger partial charge on any atom is 0.307 e. The van der Waals surface area contributed by atoms with Gasteiger partial charge in [-0.05, 0) is 69.8 Å². The van der Waals surface area contributed by atoms with Gasteiger partial charge in [-0.1, -0.05) is 17.6 Å². The van der Waals surface area contributed by atoms with E-state index in [0.717, 1.165) is 66.5 Å². The second-order valence-electron chi connectivity index (χ2n) is 8.76. The van der Waals surface area contributed by atoms with Crippen molar-refractivity contribution in [2.24, 2.45) is 29.4 Å². The number of amides is 2. The summed E-state index contributed by atoms with van der Waals surface area (Å²) >= 11 is 1.44. The summed E-state index contributed by atoms with van der Waals surface area (Å²) in [5, 5.41) is 13.3. The van der Waals surface area contributed by atoms with Crippen LogP contribution >= 0.6 is 11.3 Å². The molecular weight excluding hydrogens is 388 g/mol. The van der Waals surface area contributed by atoms with Gasteiger partial charge in [-0.25, -0.2) is 0 Å². The normalized spacial score (nSPS) is 28.0. The molecule has 4 N–H and O–H groups in total. The molecule has 7 heteroatoms. The molecule has 4 atom stereocenters. The van der Waals surface area contributed by atoms with E-state index in [2.05, 4.69) is 5.32 Å². The molecule has 2 bridgehead atoms. The van der Waals surface area contributed by atoms with Crippen LogP contribution in [0.2, 0.25) is 0 Å². The van der Waals surface area contributed by atoms with Gasteiger partial charge in [0, 0.05) is 4.88 Å². The van der Waals surface area contributed by atoms with Gasteiger partial charge in [0.25, 0.3) is 5.91 Å². The number of fused-ring (bicyclic) bond motifs is 3. The Morgan fingerprint density at radius 2 is 1.69 bits per heavy atom. The van der Waals surface area contributed by atoms with Crippen molar-refractivity contribution in [2.75, 3.05) is 5.32 Å². The van der Waals surface area contributed by atoms with E-state index in [4.69, 9.17) is 5.73 Å². The van der Waals surface area contributed by atoms with Crippen LogP contribution in [0.4, 0.5) is 5.00 Å². The monoisotopic (exact) mass is 416 g/mol. The largest absolute Gasteiger partial charge is 0.481 e. The molecule has 29 heavy (non-hydrogen) atoms. The molecule has 3 aliphatic rings. The van der Waals surface area contributed by atoms with E-state index in [1.165, 1.54) is 11.3 Å². The fourth-order valence-corrected chi connectivity index (χ4v) is 7.19. The smallest absolute Gasteiger partial charge is 0.307 e. The molecule has 1 aromatic heterocycles. The Balaban J connectivity index is 1.67. The fraction of sp³-hybridized carbons (Fsp3) is 0.591. The van der Waals surface area contributed by atoms with Gasteiger partial charge in [-0.3, -0.25) is 14.4 Å². The number of aryl methyl sites for hydroxylation is 1. The summed E-state index contributed by atoms with van der Waals surface area (Å²) in [4.78, 5) is 38.6. The first-order valence-electron chi connectivity index (χ1n) is 10.5. The third kappa shape index (κ3) is 3.29. The summed E-state index contributed by atoms with van der Waals surface area (Å²) < 4.78 is 0. The molecule has 4 rings (SSSR count). The van der Waals surface area contributed by atoms with Crippen molar-refractivity contribution in [3.63, 3.8) is 0 Å². The van der Waals surface area contributed by atoms with Crippen LogP contribution in [-0.2, 0) is 22.4 Å². The van der Waals surface area contributed by atoms with Crippen LogP contribution < -0.4 is 11.1 Å². The van der Waals surface area contributed by atoms with Crippen LogP contribution in [0, 0.1) is 23.7 Å². The number of allylic oxidation sites excluding steroid dienone is 2. The van der Waals surface area contributed by atoms with E-state index in [1.54, 1.807) is 0 Å². The number of carbonyl (C=O) groups excluding carboxylic acids is 2. The van der Waals surface area contributed by atoms with Gasteiger partial charge in [0.2, 0.25) is 5.91 Å². The minimum atomic E-state index is -0.909. The third-order valence-electron chi connectivity index (χ3n) is 6.91. The Kier molecular flexibility index (Phi) is 5.27. The molecule has 1 aromatic rings. The number of anilines is 1. The summed E-state index contributed by atoms with van der Waals surface area (Å²) in [6, 6.07) is 0. The topological polar surface area (TPSA) is 109 Å². The molecule has 0 aromatic carbocycles. The number of hydrogen-bond donors (Lipinski definition) is 3. The molecule has 2 amide bonds. The second-order valence-corrected chi connectivity index (χ2v) is 9.86. The zero-order chi connectivity index (χ0) is 20.9. The van der Waals surface area contributed by atoms with Crippen molar-refractivity contribution in [1.82, 2.24) is 0 Å². The maximum atomic E-state index is 13.3. The van der Waals surface area contributed by atoms with Gasteiger partial charge in [0.15, 0.2) is 0 Å². The van der Waals surface area contributed by atoms with Crippen LogP contribution in [0.15, 0.2) is 11.1 Å². The lowest BCUT2D eigenvalue weighted by molar-refractivity contribution is -0.148. The predicted octanol–water partition coefficient (Wildman–Crippen LogP) is 3.75. The standard InChI is InChI=1S/C22H28N2O4S/c1-10(2)15-12-8-9-13(15)17(22(27)28)16(12)20(26)24-21-18(19(23)25)11-6-4-3-5-7-14(11)29-21/h12-13,16-17H,3-9H2,1-2H3,(H2,23,25)(H,24,26)(H,27,28)/t12-,13+,16+,17-/m0/s1. The molecule has 1 heterocycles. The number of nitrogens with one attached hydrogen (secondary N) is 1. The molecular formula is C22H28N2O4S. The van der Waals surface area contributed by atoms with Gasteiger partial charge < -0.3 is 16.2 Å². The van der Waals surface area contributed by atoms with Crippen molar-refractivity contribution in [2.45, 2.75) is 58.8 Å². The Morgan fingerprint density at radius 3 is 2.31 bits per heavy atom.